The summed E-state index contributed by atoms with van der Waals surface area (Å²) in [5, 5.41) is 11.3. The standard InChI is InChI=1S/C17H24N2O4/c1-13(2)12-19(9-8-17(22)23)16(21)11-18-15(20)10-14-6-4-3-5-7-14/h3-7,13H,8-12H2,1-2H3,(H,18,20)(H,22,23). The molecule has 0 aromatic heterocycles. The number of carbonyl (C=O) groups excluding carboxylic acids is 2. The molecule has 0 aliphatic heterocycles. The predicted octanol–water partition coefficient (Wildman–Crippen LogP) is 1.30. The lowest BCUT2D eigenvalue weighted by Crippen LogP contribution is -2.43. The van der Waals surface area contributed by atoms with Gasteiger partial charge < -0.3 is 15.3 Å². The molecule has 2 amide bonds. The minimum Gasteiger partial charge on any atom is -0.481 e. The molecule has 0 bridgehead atoms. The molecule has 2 N–H and O–H groups in total. The van der Waals surface area contributed by atoms with E-state index >= 15 is 0 Å². The Morgan fingerprint density at radius 1 is 1.17 bits per heavy atom. The summed E-state index contributed by atoms with van der Waals surface area (Å²) < 4.78 is 0. The van der Waals surface area contributed by atoms with Crippen molar-refractivity contribution >= 4 is 17.8 Å². The van der Waals surface area contributed by atoms with Crippen LogP contribution in [0.25, 0.3) is 0 Å². The van der Waals surface area contributed by atoms with Gasteiger partial charge in [0.2, 0.25) is 11.8 Å². The van der Waals surface area contributed by atoms with Gasteiger partial charge in [0.05, 0.1) is 19.4 Å². The molecule has 1 aromatic carbocycles. The van der Waals surface area contributed by atoms with E-state index < -0.39 is 5.97 Å². The number of carboxylic acids is 1. The van der Waals surface area contributed by atoms with Crippen LogP contribution in [0.5, 0.6) is 0 Å². The van der Waals surface area contributed by atoms with Crippen molar-refractivity contribution < 1.29 is 19.5 Å². The lowest BCUT2D eigenvalue weighted by atomic mass is 10.1. The number of nitrogens with zero attached hydrogens (tertiary/aromatic N) is 1. The zero-order valence-corrected chi connectivity index (χ0v) is 13.6. The number of benzene rings is 1. The first-order valence-corrected chi connectivity index (χ1v) is 7.68. The van der Waals surface area contributed by atoms with Crippen LogP contribution in [0.15, 0.2) is 30.3 Å². The summed E-state index contributed by atoms with van der Waals surface area (Å²) in [4.78, 5) is 36.2. The van der Waals surface area contributed by atoms with Gasteiger partial charge in [0.1, 0.15) is 0 Å². The normalized spacial score (nSPS) is 10.4. The highest BCUT2D eigenvalue weighted by Crippen LogP contribution is 2.02. The van der Waals surface area contributed by atoms with E-state index in [1.807, 2.05) is 44.2 Å². The number of aliphatic carboxylic acids is 1. The molecule has 1 rings (SSSR count). The summed E-state index contributed by atoms with van der Waals surface area (Å²) in [5.41, 5.74) is 0.877. The van der Waals surface area contributed by atoms with E-state index in [4.69, 9.17) is 5.11 Å². The molecule has 0 aliphatic carbocycles. The molecule has 0 spiro atoms. The van der Waals surface area contributed by atoms with Gasteiger partial charge in [-0.15, -0.1) is 0 Å². The summed E-state index contributed by atoms with van der Waals surface area (Å²) in [6.45, 7) is 4.42. The van der Waals surface area contributed by atoms with Gasteiger partial charge >= 0.3 is 5.97 Å². The molecule has 126 valence electrons. The summed E-state index contributed by atoms with van der Waals surface area (Å²) in [6, 6.07) is 9.27. The van der Waals surface area contributed by atoms with Gasteiger partial charge in [0, 0.05) is 13.1 Å². The average Bonchev–Trinajstić information content (AvgIpc) is 2.49. The maximum atomic E-state index is 12.2. The number of hydrogen-bond acceptors (Lipinski definition) is 3. The van der Waals surface area contributed by atoms with Gasteiger partial charge in [-0.25, -0.2) is 0 Å². The van der Waals surface area contributed by atoms with Crippen LogP contribution >= 0.6 is 0 Å². The van der Waals surface area contributed by atoms with E-state index in [2.05, 4.69) is 5.32 Å². The number of hydrogen-bond donors (Lipinski definition) is 2. The quantitative estimate of drug-likeness (QED) is 0.718. The van der Waals surface area contributed by atoms with Crippen molar-refractivity contribution in [3.63, 3.8) is 0 Å². The highest BCUT2D eigenvalue weighted by Gasteiger charge is 2.16. The van der Waals surface area contributed by atoms with Gasteiger partial charge in [-0.05, 0) is 11.5 Å². The summed E-state index contributed by atoms with van der Waals surface area (Å²) in [5.74, 6) is -1.21. The van der Waals surface area contributed by atoms with E-state index in [-0.39, 0.29) is 43.7 Å². The van der Waals surface area contributed by atoms with Crippen molar-refractivity contribution in [1.82, 2.24) is 10.2 Å². The molecular formula is C17H24N2O4. The predicted molar refractivity (Wildman–Crippen MR) is 86.8 cm³/mol. The Labute approximate surface area is 136 Å². The summed E-state index contributed by atoms with van der Waals surface area (Å²) in [6.07, 6.45) is 0.115. The van der Waals surface area contributed by atoms with Gasteiger partial charge in [-0.2, -0.15) is 0 Å². The van der Waals surface area contributed by atoms with E-state index in [0.29, 0.717) is 6.54 Å². The smallest absolute Gasteiger partial charge is 0.305 e. The third-order valence-corrected chi connectivity index (χ3v) is 3.18. The van der Waals surface area contributed by atoms with Gasteiger partial charge in [-0.3, -0.25) is 14.4 Å². The van der Waals surface area contributed by atoms with Crippen LogP contribution < -0.4 is 5.32 Å². The Morgan fingerprint density at radius 2 is 1.83 bits per heavy atom. The van der Waals surface area contributed by atoms with Crippen LogP contribution in [0.4, 0.5) is 0 Å². The van der Waals surface area contributed by atoms with Crippen molar-refractivity contribution in [2.45, 2.75) is 26.7 Å². The Morgan fingerprint density at radius 3 is 2.39 bits per heavy atom. The maximum absolute atomic E-state index is 12.2. The zero-order valence-electron chi connectivity index (χ0n) is 13.6. The second-order valence-electron chi connectivity index (χ2n) is 5.82. The molecule has 0 unspecified atom stereocenters. The van der Waals surface area contributed by atoms with Crippen LogP contribution in [-0.2, 0) is 20.8 Å². The Bertz CT molecular complexity index is 529. The maximum Gasteiger partial charge on any atom is 0.305 e. The molecular weight excluding hydrogens is 296 g/mol. The molecule has 0 fully saturated rings. The zero-order chi connectivity index (χ0) is 17.2. The van der Waals surface area contributed by atoms with Crippen LogP contribution in [0.2, 0.25) is 0 Å². The highest BCUT2D eigenvalue weighted by molar-refractivity contribution is 5.86. The summed E-state index contributed by atoms with van der Waals surface area (Å²) in [7, 11) is 0. The summed E-state index contributed by atoms with van der Waals surface area (Å²) >= 11 is 0. The third kappa shape index (κ3) is 7.99. The molecule has 0 radical (unpaired) electrons. The van der Waals surface area contributed by atoms with Gasteiger partial charge in [-0.1, -0.05) is 44.2 Å². The fourth-order valence-electron chi connectivity index (χ4n) is 2.12. The lowest BCUT2D eigenvalue weighted by molar-refractivity contribution is -0.139. The largest absolute Gasteiger partial charge is 0.481 e. The fraction of sp³-hybridized carbons (Fsp3) is 0.471. The number of rotatable bonds is 9. The van der Waals surface area contributed by atoms with Crippen molar-refractivity contribution in [2.24, 2.45) is 5.92 Å². The minimum absolute atomic E-state index is 0.101. The first-order valence-electron chi connectivity index (χ1n) is 7.68. The Kier molecular flexibility index (Phi) is 7.80. The molecule has 0 heterocycles. The molecule has 0 atom stereocenters. The topological polar surface area (TPSA) is 86.7 Å². The van der Waals surface area contributed by atoms with Gasteiger partial charge in [0.25, 0.3) is 0 Å². The highest BCUT2D eigenvalue weighted by atomic mass is 16.4. The van der Waals surface area contributed by atoms with Crippen LogP contribution in [0, 0.1) is 5.92 Å². The van der Waals surface area contributed by atoms with E-state index in [9.17, 15) is 14.4 Å². The number of carbonyl (C=O) groups is 3. The molecule has 6 nitrogen and oxygen atoms in total. The third-order valence-electron chi connectivity index (χ3n) is 3.18. The minimum atomic E-state index is -0.945. The molecule has 23 heavy (non-hydrogen) atoms. The number of amides is 2. The van der Waals surface area contributed by atoms with Crippen molar-refractivity contribution in [3.05, 3.63) is 35.9 Å². The second kappa shape index (κ2) is 9.61. The second-order valence-corrected chi connectivity index (χ2v) is 5.82. The first-order chi connectivity index (χ1) is 10.9. The van der Waals surface area contributed by atoms with E-state index in [1.165, 1.54) is 4.90 Å². The molecule has 0 saturated heterocycles. The van der Waals surface area contributed by atoms with Crippen LogP contribution in [0.1, 0.15) is 25.8 Å². The molecule has 1 aromatic rings. The molecule has 6 heteroatoms. The first kappa shape index (κ1) is 18.7. The average molecular weight is 320 g/mol. The van der Waals surface area contributed by atoms with Crippen molar-refractivity contribution in [2.75, 3.05) is 19.6 Å². The van der Waals surface area contributed by atoms with Crippen molar-refractivity contribution in [1.29, 1.82) is 0 Å². The van der Waals surface area contributed by atoms with E-state index in [0.717, 1.165) is 5.56 Å². The van der Waals surface area contributed by atoms with Crippen molar-refractivity contribution in [3.8, 4) is 0 Å². The lowest BCUT2D eigenvalue weighted by Gasteiger charge is -2.24. The Hall–Kier alpha value is -2.37. The number of nitrogens with one attached hydrogen (secondary N) is 1. The monoisotopic (exact) mass is 320 g/mol. The Balaban J connectivity index is 2.46. The number of carboxylic acid groups (broad SMARTS) is 1. The van der Waals surface area contributed by atoms with Gasteiger partial charge in [0.15, 0.2) is 0 Å². The SMILES string of the molecule is CC(C)CN(CCC(=O)O)C(=O)CNC(=O)Cc1ccccc1. The fourth-order valence-corrected chi connectivity index (χ4v) is 2.12. The van der Waals surface area contributed by atoms with Crippen LogP contribution in [0.3, 0.4) is 0 Å². The van der Waals surface area contributed by atoms with E-state index in [1.54, 1.807) is 0 Å². The van der Waals surface area contributed by atoms with Crippen LogP contribution in [-0.4, -0.2) is 47.4 Å². The molecule has 0 aliphatic rings. The molecule has 0 saturated carbocycles.